The minimum Gasteiger partial charge on any atom is -0.493 e. The molecule has 44 heavy (non-hydrogen) atoms. The Morgan fingerprint density at radius 3 is 2.84 bits per heavy atom. The summed E-state index contributed by atoms with van der Waals surface area (Å²) in [6, 6.07) is 14.6. The predicted octanol–water partition coefficient (Wildman–Crippen LogP) is 3.24. The van der Waals surface area contributed by atoms with Crippen molar-refractivity contribution in [2.45, 2.75) is 44.6 Å². The summed E-state index contributed by atoms with van der Waals surface area (Å²) in [6.45, 7) is 1.97. The first-order valence-electron chi connectivity index (χ1n) is 14.6. The van der Waals surface area contributed by atoms with Crippen molar-refractivity contribution in [2.24, 2.45) is 0 Å². The second-order valence-electron chi connectivity index (χ2n) is 11.2. The van der Waals surface area contributed by atoms with Crippen LogP contribution >= 0.6 is 11.3 Å². The van der Waals surface area contributed by atoms with Crippen LogP contribution in [-0.2, 0) is 33.9 Å². The number of likely N-dealkylation sites (tertiary alicyclic amines) is 1. The van der Waals surface area contributed by atoms with E-state index in [1.165, 1.54) is 20.6 Å². The molecular formula is C32H35N5O6S. The van der Waals surface area contributed by atoms with Crippen molar-refractivity contribution in [2.75, 3.05) is 33.8 Å². The summed E-state index contributed by atoms with van der Waals surface area (Å²) >= 11 is 1.42. The van der Waals surface area contributed by atoms with Crippen molar-refractivity contribution < 1.29 is 23.8 Å². The molecule has 5 heterocycles. The number of likely N-dealkylation sites (N-methyl/N-ethyl adjacent to an activating group) is 1. The SMILES string of the molecule is COc1cc2ccc1Oc1cccc(c1)CO[C@H]1CN(Cc3cc(=O)n4ccsc4n3)CC[C@@H]1NC(=O)CN(C)C(=O)CC2. The van der Waals surface area contributed by atoms with E-state index in [0.29, 0.717) is 67.0 Å². The number of carbonyl (C=O) groups excluding carboxylic acids is 2. The highest BCUT2D eigenvalue weighted by atomic mass is 32.1. The first-order valence-corrected chi connectivity index (χ1v) is 15.5. The third kappa shape index (κ3) is 6.93. The van der Waals surface area contributed by atoms with Gasteiger partial charge in [-0.3, -0.25) is 23.7 Å². The third-order valence-corrected chi connectivity index (χ3v) is 8.74. The number of aromatic nitrogens is 2. The molecule has 0 radical (unpaired) electrons. The zero-order valence-electron chi connectivity index (χ0n) is 24.7. The molecule has 230 valence electrons. The van der Waals surface area contributed by atoms with Crippen molar-refractivity contribution in [3.05, 3.63) is 87.3 Å². The lowest BCUT2D eigenvalue weighted by Gasteiger charge is -2.38. The molecule has 0 unspecified atom stereocenters. The van der Waals surface area contributed by atoms with Crippen molar-refractivity contribution in [1.29, 1.82) is 0 Å². The zero-order chi connectivity index (χ0) is 30.6. The van der Waals surface area contributed by atoms with Crippen LogP contribution in [0.25, 0.3) is 4.96 Å². The molecule has 2 aromatic carbocycles. The fourth-order valence-electron chi connectivity index (χ4n) is 5.64. The van der Waals surface area contributed by atoms with Crippen molar-refractivity contribution in [3.63, 3.8) is 0 Å². The number of fused-ring (bicyclic) bond motifs is 10. The summed E-state index contributed by atoms with van der Waals surface area (Å²) in [7, 11) is 3.23. The molecule has 12 heteroatoms. The number of hydrogen-bond donors (Lipinski definition) is 1. The van der Waals surface area contributed by atoms with Crippen LogP contribution in [-0.4, -0.2) is 76.9 Å². The van der Waals surface area contributed by atoms with Crippen molar-refractivity contribution in [3.8, 4) is 17.2 Å². The molecule has 0 aliphatic carbocycles. The fraction of sp³-hybridized carbons (Fsp3) is 0.375. The molecular weight excluding hydrogens is 582 g/mol. The van der Waals surface area contributed by atoms with Gasteiger partial charge in [0.05, 0.1) is 38.1 Å². The smallest absolute Gasteiger partial charge is 0.258 e. The molecule has 3 aliphatic rings. The molecule has 0 saturated carbocycles. The summed E-state index contributed by atoms with van der Waals surface area (Å²) in [6.07, 6.45) is 2.80. The van der Waals surface area contributed by atoms with Crippen LogP contribution in [0.5, 0.6) is 17.2 Å². The Kier molecular flexibility index (Phi) is 8.91. The normalized spacial score (nSPS) is 20.3. The van der Waals surface area contributed by atoms with Gasteiger partial charge < -0.3 is 24.4 Å². The van der Waals surface area contributed by atoms with E-state index in [4.69, 9.17) is 14.2 Å². The maximum Gasteiger partial charge on any atom is 0.258 e. The average Bonchev–Trinajstić information content (AvgIpc) is 3.49. The number of ether oxygens (including phenoxy) is 3. The molecule has 4 aromatic rings. The predicted molar refractivity (Wildman–Crippen MR) is 165 cm³/mol. The van der Waals surface area contributed by atoms with Crippen LogP contribution in [0.1, 0.15) is 29.7 Å². The Balaban J connectivity index is 1.23. The standard InChI is InChI=1S/C32H35N5O6S/c1-35-19-29(38)34-25-10-11-36(17-23-16-31(40)37-12-13-44-32(37)33-23)18-28(25)42-20-22-4-3-5-24(14-22)43-26-8-6-21(7-9-30(35)39)15-27(26)41-2/h3-6,8,12-16,25,28H,7,9-11,17-20H2,1-2H3,(H,34,38)/t25-,28-/m0/s1. The number of methoxy groups -OCH3 is 1. The first kappa shape index (κ1) is 29.8. The molecule has 1 N–H and O–H groups in total. The minimum absolute atomic E-state index is 0.0431. The topological polar surface area (TPSA) is 115 Å². The van der Waals surface area contributed by atoms with Gasteiger partial charge in [-0.2, -0.15) is 0 Å². The highest BCUT2D eigenvalue weighted by Crippen LogP contribution is 2.33. The van der Waals surface area contributed by atoms with E-state index in [9.17, 15) is 14.4 Å². The van der Waals surface area contributed by atoms with Crippen molar-refractivity contribution >= 4 is 28.1 Å². The van der Waals surface area contributed by atoms with Gasteiger partial charge in [0.2, 0.25) is 11.8 Å². The number of benzene rings is 2. The van der Waals surface area contributed by atoms with Crippen LogP contribution in [0.4, 0.5) is 0 Å². The second kappa shape index (κ2) is 13.2. The van der Waals surface area contributed by atoms with E-state index in [1.54, 1.807) is 26.4 Å². The number of aryl methyl sites for hydroxylation is 1. The summed E-state index contributed by atoms with van der Waals surface area (Å²) < 4.78 is 19.8. The molecule has 0 spiro atoms. The monoisotopic (exact) mass is 617 g/mol. The molecule has 1 saturated heterocycles. The molecule has 1 fully saturated rings. The molecule has 4 bridgehead atoms. The van der Waals surface area contributed by atoms with Crippen LogP contribution in [0.3, 0.4) is 0 Å². The van der Waals surface area contributed by atoms with E-state index in [2.05, 4.69) is 15.2 Å². The number of piperidine rings is 1. The largest absolute Gasteiger partial charge is 0.493 e. The van der Waals surface area contributed by atoms with E-state index in [1.807, 2.05) is 47.8 Å². The number of carbonyl (C=O) groups is 2. The van der Waals surface area contributed by atoms with Gasteiger partial charge in [-0.15, -0.1) is 11.3 Å². The Morgan fingerprint density at radius 2 is 1.98 bits per heavy atom. The number of nitrogens with zero attached hydrogens (tertiary/aromatic N) is 4. The lowest BCUT2D eigenvalue weighted by atomic mass is 10.0. The maximum absolute atomic E-state index is 13.1. The number of thiazole rings is 1. The summed E-state index contributed by atoms with van der Waals surface area (Å²) in [5.41, 5.74) is 2.45. The fourth-order valence-corrected chi connectivity index (χ4v) is 6.37. The van der Waals surface area contributed by atoms with Gasteiger partial charge in [-0.05, 0) is 48.2 Å². The number of amides is 2. The van der Waals surface area contributed by atoms with Crippen LogP contribution in [0, 0.1) is 0 Å². The maximum atomic E-state index is 13.1. The van der Waals surface area contributed by atoms with Gasteiger partial charge in [0.15, 0.2) is 16.5 Å². The first-order chi connectivity index (χ1) is 21.3. The summed E-state index contributed by atoms with van der Waals surface area (Å²) in [5, 5.41) is 4.97. The van der Waals surface area contributed by atoms with E-state index in [-0.39, 0.29) is 42.5 Å². The van der Waals surface area contributed by atoms with Gasteiger partial charge >= 0.3 is 0 Å². The van der Waals surface area contributed by atoms with Crippen LogP contribution in [0.2, 0.25) is 0 Å². The molecule has 3 aliphatic heterocycles. The number of hydrogen-bond acceptors (Lipinski definition) is 9. The van der Waals surface area contributed by atoms with E-state index in [0.717, 1.165) is 11.1 Å². The van der Waals surface area contributed by atoms with Gasteiger partial charge in [-0.1, -0.05) is 18.2 Å². The Morgan fingerprint density at radius 1 is 1.09 bits per heavy atom. The van der Waals surface area contributed by atoms with Gasteiger partial charge in [-0.25, -0.2) is 4.98 Å². The van der Waals surface area contributed by atoms with Crippen LogP contribution < -0.4 is 20.3 Å². The Bertz CT molecular complexity index is 1720. The number of nitrogens with one attached hydrogen (secondary N) is 1. The summed E-state index contributed by atoms with van der Waals surface area (Å²) in [5.74, 6) is 1.43. The molecule has 11 nitrogen and oxygen atoms in total. The lowest BCUT2D eigenvalue weighted by molar-refractivity contribution is -0.135. The highest BCUT2D eigenvalue weighted by molar-refractivity contribution is 7.15. The second-order valence-corrected chi connectivity index (χ2v) is 12.0. The van der Waals surface area contributed by atoms with Gasteiger partial charge in [0.25, 0.3) is 5.56 Å². The van der Waals surface area contributed by atoms with Gasteiger partial charge in [0, 0.05) is 50.7 Å². The molecule has 2 aromatic heterocycles. The molecule has 7 rings (SSSR count). The molecule has 2 atom stereocenters. The van der Waals surface area contributed by atoms with Crippen molar-refractivity contribution in [1.82, 2.24) is 24.5 Å². The minimum atomic E-state index is -0.334. The van der Waals surface area contributed by atoms with Crippen LogP contribution in [0.15, 0.2) is 64.9 Å². The van der Waals surface area contributed by atoms with Gasteiger partial charge in [0.1, 0.15) is 5.75 Å². The summed E-state index contributed by atoms with van der Waals surface area (Å²) in [4.78, 5) is 47.5. The Labute approximate surface area is 259 Å². The van der Waals surface area contributed by atoms with E-state index < -0.39 is 0 Å². The third-order valence-electron chi connectivity index (χ3n) is 7.98. The average molecular weight is 618 g/mol. The zero-order valence-corrected chi connectivity index (χ0v) is 25.5. The highest BCUT2D eigenvalue weighted by Gasteiger charge is 2.32. The molecule has 2 amide bonds. The Hall–Kier alpha value is -4.26. The number of rotatable bonds is 3. The lowest BCUT2D eigenvalue weighted by Crippen LogP contribution is -2.56. The van der Waals surface area contributed by atoms with E-state index >= 15 is 0 Å². The quantitative estimate of drug-likeness (QED) is 0.373.